The molecule has 1 N–H and O–H groups in total. The molecule has 0 atom stereocenters. The van der Waals surface area contributed by atoms with Crippen LogP contribution in [-0.2, 0) is 10.7 Å². The topological polar surface area (TPSA) is 93.6 Å². The second kappa shape index (κ2) is 3.64. The number of halogens is 2. The van der Waals surface area contributed by atoms with Crippen LogP contribution < -0.4 is 0 Å². The second-order valence-corrected chi connectivity index (χ2v) is 2.67. The minimum atomic E-state index is -3.75. The first kappa shape index (κ1) is 11.1. The summed E-state index contributed by atoms with van der Waals surface area (Å²) in [6, 6.07) is 1.42. The molecule has 0 aliphatic rings. The maximum atomic E-state index is 13.0. The number of hydrogen-bond acceptors (Lipinski definition) is 4. The van der Waals surface area contributed by atoms with E-state index in [0.717, 1.165) is 6.07 Å². The van der Waals surface area contributed by atoms with Crippen LogP contribution in [0.2, 0.25) is 0 Å². The Balaban J connectivity index is 2.94. The van der Waals surface area contributed by atoms with Crippen LogP contribution in [0.5, 0.6) is 0 Å². The van der Waals surface area contributed by atoms with Crippen molar-refractivity contribution in [1.82, 2.24) is 0 Å². The molecule has 1 heterocycles. The van der Waals surface area contributed by atoms with E-state index in [1.165, 1.54) is 0 Å². The van der Waals surface area contributed by atoms with Gasteiger partial charge < -0.3 is 9.52 Å². The van der Waals surface area contributed by atoms with Crippen LogP contribution >= 0.6 is 0 Å². The Morgan fingerprint density at radius 2 is 2.20 bits per heavy atom. The lowest BCUT2D eigenvalue weighted by molar-refractivity contribution is -0.403. The summed E-state index contributed by atoms with van der Waals surface area (Å²) in [7, 11) is 0. The first-order chi connectivity index (χ1) is 6.83. The molecule has 0 aliphatic heterocycles. The maximum absolute atomic E-state index is 13.0. The Labute approximate surface area is 81.3 Å². The van der Waals surface area contributed by atoms with Crippen molar-refractivity contribution in [2.45, 2.75) is 12.3 Å². The SMILES string of the molecule is O=C(O)CC(F)(F)c1ccc([N+](=O)[O-])o1. The molecule has 0 aliphatic carbocycles. The molecule has 0 aromatic carbocycles. The standard InChI is InChI=1S/C7H5F2NO5/c8-7(9,3-6(11)12)4-1-2-5(15-4)10(13)14/h1-2H,3H2,(H,11,12). The summed E-state index contributed by atoms with van der Waals surface area (Å²) in [5.41, 5.74) is 0. The molecule has 0 amide bonds. The number of nitrogens with zero attached hydrogens (tertiary/aromatic N) is 1. The molecular formula is C7H5F2NO5. The van der Waals surface area contributed by atoms with Crippen LogP contribution in [-0.4, -0.2) is 16.0 Å². The van der Waals surface area contributed by atoms with Gasteiger partial charge in [0.05, 0.1) is 6.07 Å². The highest BCUT2D eigenvalue weighted by molar-refractivity contribution is 5.68. The molecule has 1 aromatic heterocycles. The minimum absolute atomic E-state index is 0.682. The van der Waals surface area contributed by atoms with Crippen LogP contribution in [0.4, 0.5) is 14.7 Å². The molecule has 0 bridgehead atoms. The monoisotopic (exact) mass is 221 g/mol. The Morgan fingerprint density at radius 1 is 1.60 bits per heavy atom. The summed E-state index contributed by atoms with van der Waals surface area (Å²) in [6.07, 6.45) is -1.47. The number of hydrogen-bond donors (Lipinski definition) is 1. The van der Waals surface area contributed by atoms with Gasteiger partial charge in [-0.15, -0.1) is 0 Å². The van der Waals surface area contributed by atoms with Crippen LogP contribution in [0.1, 0.15) is 12.2 Å². The van der Waals surface area contributed by atoms with E-state index in [1.807, 2.05) is 0 Å². The van der Waals surface area contributed by atoms with Crippen LogP contribution in [0.25, 0.3) is 0 Å². The lowest BCUT2D eigenvalue weighted by Crippen LogP contribution is -2.17. The molecule has 1 rings (SSSR count). The predicted octanol–water partition coefficient (Wildman–Crippen LogP) is 1.75. The molecule has 6 nitrogen and oxygen atoms in total. The number of nitro groups is 1. The molecular weight excluding hydrogens is 216 g/mol. The Hall–Kier alpha value is -1.99. The zero-order valence-electron chi connectivity index (χ0n) is 7.15. The number of carboxylic acid groups (broad SMARTS) is 1. The van der Waals surface area contributed by atoms with E-state index in [0.29, 0.717) is 6.07 Å². The zero-order valence-corrected chi connectivity index (χ0v) is 7.15. The number of alkyl halides is 2. The summed E-state index contributed by atoms with van der Waals surface area (Å²) < 4.78 is 30.2. The molecule has 0 unspecified atom stereocenters. The Kier molecular flexibility index (Phi) is 2.69. The third kappa shape index (κ3) is 2.48. The minimum Gasteiger partial charge on any atom is -0.481 e. The van der Waals surface area contributed by atoms with Crippen molar-refractivity contribution in [3.8, 4) is 0 Å². The maximum Gasteiger partial charge on any atom is 0.433 e. The summed E-state index contributed by atoms with van der Waals surface area (Å²) in [6.45, 7) is 0. The highest BCUT2D eigenvalue weighted by Crippen LogP contribution is 2.34. The van der Waals surface area contributed by atoms with Gasteiger partial charge in [0.2, 0.25) is 0 Å². The van der Waals surface area contributed by atoms with Crippen molar-refractivity contribution in [2.24, 2.45) is 0 Å². The van der Waals surface area contributed by atoms with Crippen LogP contribution in [0.15, 0.2) is 16.5 Å². The van der Waals surface area contributed by atoms with Gasteiger partial charge in [-0.05, 0) is 6.07 Å². The van der Waals surface area contributed by atoms with Crippen molar-refractivity contribution < 1.29 is 28.0 Å². The Morgan fingerprint density at radius 3 is 2.60 bits per heavy atom. The molecule has 0 saturated heterocycles. The quantitative estimate of drug-likeness (QED) is 0.617. The molecule has 0 saturated carbocycles. The lowest BCUT2D eigenvalue weighted by Gasteiger charge is -2.09. The molecule has 0 spiro atoms. The van der Waals surface area contributed by atoms with E-state index in [-0.39, 0.29) is 0 Å². The van der Waals surface area contributed by atoms with E-state index < -0.39 is 34.9 Å². The van der Waals surface area contributed by atoms with Crippen molar-refractivity contribution in [3.63, 3.8) is 0 Å². The first-order valence-corrected chi connectivity index (χ1v) is 3.67. The van der Waals surface area contributed by atoms with E-state index in [4.69, 9.17) is 5.11 Å². The second-order valence-electron chi connectivity index (χ2n) is 2.67. The predicted molar refractivity (Wildman–Crippen MR) is 41.5 cm³/mol. The molecule has 15 heavy (non-hydrogen) atoms. The van der Waals surface area contributed by atoms with Crippen molar-refractivity contribution in [3.05, 3.63) is 28.0 Å². The summed E-state index contributed by atoms with van der Waals surface area (Å²) in [4.78, 5) is 19.2. The van der Waals surface area contributed by atoms with Crippen molar-refractivity contribution in [1.29, 1.82) is 0 Å². The molecule has 1 aromatic rings. The fourth-order valence-electron chi connectivity index (χ4n) is 0.899. The number of furan rings is 1. The van der Waals surface area contributed by atoms with Crippen molar-refractivity contribution >= 4 is 11.9 Å². The van der Waals surface area contributed by atoms with Gasteiger partial charge in [0, 0.05) is 0 Å². The molecule has 0 fully saturated rings. The Bertz CT molecular complexity index is 400. The van der Waals surface area contributed by atoms with Gasteiger partial charge in [-0.3, -0.25) is 14.9 Å². The molecule has 82 valence electrons. The van der Waals surface area contributed by atoms with Gasteiger partial charge in [-0.1, -0.05) is 0 Å². The van der Waals surface area contributed by atoms with Gasteiger partial charge in [-0.25, -0.2) is 0 Å². The zero-order chi connectivity index (χ0) is 11.6. The largest absolute Gasteiger partial charge is 0.481 e. The van der Waals surface area contributed by atoms with Crippen LogP contribution in [0.3, 0.4) is 0 Å². The molecule has 8 heteroatoms. The average Bonchev–Trinajstić information content (AvgIpc) is 2.48. The van der Waals surface area contributed by atoms with Gasteiger partial charge in [0.1, 0.15) is 11.3 Å². The first-order valence-electron chi connectivity index (χ1n) is 3.67. The van der Waals surface area contributed by atoms with Crippen LogP contribution in [0, 0.1) is 10.1 Å². The lowest BCUT2D eigenvalue weighted by atomic mass is 10.2. The third-order valence-corrected chi connectivity index (χ3v) is 1.51. The van der Waals surface area contributed by atoms with E-state index >= 15 is 0 Å². The fourth-order valence-corrected chi connectivity index (χ4v) is 0.899. The molecule has 0 radical (unpaired) electrons. The number of rotatable bonds is 4. The van der Waals surface area contributed by atoms with Gasteiger partial charge in [0.15, 0.2) is 5.76 Å². The smallest absolute Gasteiger partial charge is 0.433 e. The van der Waals surface area contributed by atoms with E-state index in [1.54, 1.807) is 0 Å². The van der Waals surface area contributed by atoms with Gasteiger partial charge in [-0.2, -0.15) is 8.78 Å². The van der Waals surface area contributed by atoms with E-state index in [2.05, 4.69) is 4.42 Å². The van der Waals surface area contributed by atoms with Gasteiger partial charge >= 0.3 is 17.8 Å². The van der Waals surface area contributed by atoms with Gasteiger partial charge in [0.25, 0.3) is 0 Å². The highest BCUT2D eigenvalue weighted by Gasteiger charge is 2.39. The highest BCUT2D eigenvalue weighted by atomic mass is 19.3. The van der Waals surface area contributed by atoms with Crippen molar-refractivity contribution in [2.75, 3.05) is 0 Å². The third-order valence-electron chi connectivity index (χ3n) is 1.51. The average molecular weight is 221 g/mol. The normalized spacial score (nSPS) is 11.3. The summed E-state index contributed by atoms with van der Waals surface area (Å²) in [5.74, 6) is -7.36. The van der Waals surface area contributed by atoms with E-state index in [9.17, 15) is 23.7 Å². The number of carbonyl (C=O) groups is 1. The number of aliphatic carboxylic acids is 1. The summed E-state index contributed by atoms with van der Waals surface area (Å²) in [5, 5.41) is 18.3. The number of carboxylic acids is 1. The fraction of sp³-hybridized carbons (Fsp3) is 0.286. The summed E-state index contributed by atoms with van der Waals surface area (Å²) >= 11 is 0.